The second-order valence-electron chi connectivity index (χ2n) is 8.29. The highest BCUT2D eigenvalue weighted by Gasteiger charge is 2.34. The molecule has 0 aliphatic carbocycles. The number of hydrogen-bond acceptors (Lipinski definition) is 5. The van der Waals surface area contributed by atoms with Crippen molar-refractivity contribution in [3.63, 3.8) is 0 Å². The molecule has 178 valence electrons. The van der Waals surface area contributed by atoms with E-state index in [1.54, 1.807) is 18.7 Å². The van der Waals surface area contributed by atoms with Gasteiger partial charge in [-0.15, -0.1) is 0 Å². The van der Waals surface area contributed by atoms with Gasteiger partial charge in [0.25, 0.3) is 0 Å². The van der Waals surface area contributed by atoms with Gasteiger partial charge in [0.1, 0.15) is 16.8 Å². The second-order valence-corrected chi connectivity index (χ2v) is 9.97. The number of rotatable bonds is 8. The lowest BCUT2D eigenvalue weighted by Gasteiger charge is -2.37. The molecular formula is C23H29FN4O4S. The van der Waals surface area contributed by atoms with Crippen molar-refractivity contribution in [3.8, 4) is 0 Å². The van der Waals surface area contributed by atoms with Gasteiger partial charge in [0.2, 0.25) is 21.8 Å². The molecule has 1 atom stereocenters. The van der Waals surface area contributed by atoms with E-state index in [0.717, 1.165) is 11.8 Å². The van der Waals surface area contributed by atoms with Gasteiger partial charge in [0.05, 0.1) is 6.54 Å². The zero-order valence-corrected chi connectivity index (χ0v) is 19.5. The van der Waals surface area contributed by atoms with Gasteiger partial charge in [-0.1, -0.05) is 44.2 Å². The SMILES string of the molecule is CC(C)[C@H](NS(=O)(=O)c1ccccc1F)C(=O)N1CCN(CC(=O)Nc2ccccc2)CC1. The number of halogens is 1. The zero-order valence-electron chi connectivity index (χ0n) is 18.7. The van der Waals surface area contributed by atoms with Crippen molar-refractivity contribution in [1.29, 1.82) is 0 Å². The minimum absolute atomic E-state index is 0.140. The quantitative estimate of drug-likeness (QED) is 0.607. The Morgan fingerprint density at radius 3 is 2.18 bits per heavy atom. The molecule has 1 aliphatic rings. The molecule has 1 aliphatic heterocycles. The average molecular weight is 477 g/mol. The highest BCUT2D eigenvalue weighted by Crippen LogP contribution is 2.17. The molecule has 10 heteroatoms. The first-order valence-electron chi connectivity index (χ1n) is 10.8. The summed E-state index contributed by atoms with van der Waals surface area (Å²) in [6.07, 6.45) is 0. The molecule has 3 rings (SSSR count). The van der Waals surface area contributed by atoms with Crippen LogP contribution in [0.3, 0.4) is 0 Å². The first-order chi connectivity index (χ1) is 15.7. The van der Waals surface area contributed by atoms with E-state index in [-0.39, 0.29) is 24.3 Å². The van der Waals surface area contributed by atoms with Crippen LogP contribution in [0.2, 0.25) is 0 Å². The molecule has 0 saturated carbocycles. The summed E-state index contributed by atoms with van der Waals surface area (Å²) in [6.45, 7) is 5.36. The summed E-state index contributed by atoms with van der Waals surface area (Å²) in [5.41, 5.74) is 0.721. The van der Waals surface area contributed by atoms with E-state index in [1.165, 1.54) is 18.2 Å². The normalized spacial score (nSPS) is 15.9. The minimum Gasteiger partial charge on any atom is -0.339 e. The lowest BCUT2D eigenvalue weighted by molar-refractivity contribution is -0.135. The molecule has 2 amide bonds. The van der Waals surface area contributed by atoms with Crippen LogP contribution in [0.5, 0.6) is 0 Å². The predicted octanol–water partition coefficient (Wildman–Crippen LogP) is 1.91. The first kappa shape index (κ1) is 24.8. The summed E-state index contributed by atoms with van der Waals surface area (Å²) in [5, 5.41) is 2.83. The molecule has 1 fully saturated rings. The summed E-state index contributed by atoms with van der Waals surface area (Å²) >= 11 is 0. The Hall–Kier alpha value is -2.82. The Balaban J connectivity index is 1.57. The predicted molar refractivity (Wildman–Crippen MR) is 123 cm³/mol. The smallest absolute Gasteiger partial charge is 0.244 e. The molecule has 8 nitrogen and oxygen atoms in total. The van der Waals surface area contributed by atoms with Crippen molar-refractivity contribution < 1.29 is 22.4 Å². The van der Waals surface area contributed by atoms with Crippen molar-refractivity contribution in [2.24, 2.45) is 5.92 Å². The standard InChI is InChI=1S/C23H29FN4O4S/c1-17(2)22(26-33(31,32)20-11-7-6-10-19(20)24)23(30)28-14-12-27(13-15-28)16-21(29)25-18-8-4-3-5-9-18/h3-11,17,22,26H,12-16H2,1-2H3,(H,25,29)/t22-/m0/s1. The third kappa shape index (κ3) is 6.59. The zero-order chi connectivity index (χ0) is 24.0. The topological polar surface area (TPSA) is 98.8 Å². The van der Waals surface area contributed by atoms with E-state index in [1.807, 2.05) is 35.2 Å². The van der Waals surface area contributed by atoms with Gasteiger partial charge in [-0.05, 0) is 30.2 Å². The Kier molecular flexibility index (Phi) is 8.17. The number of benzene rings is 2. The number of piperazine rings is 1. The molecule has 0 aromatic heterocycles. The number of nitrogens with one attached hydrogen (secondary N) is 2. The third-order valence-electron chi connectivity index (χ3n) is 5.45. The number of amides is 2. The van der Waals surface area contributed by atoms with E-state index in [4.69, 9.17) is 0 Å². The number of hydrogen-bond donors (Lipinski definition) is 2. The van der Waals surface area contributed by atoms with Gasteiger partial charge in [-0.3, -0.25) is 14.5 Å². The van der Waals surface area contributed by atoms with E-state index in [9.17, 15) is 22.4 Å². The summed E-state index contributed by atoms with van der Waals surface area (Å²) in [4.78, 5) is 28.4. The Morgan fingerprint density at radius 1 is 0.970 bits per heavy atom. The van der Waals surface area contributed by atoms with Crippen molar-refractivity contribution in [2.75, 3.05) is 38.0 Å². The van der Waals surface area contributed by atoms with Gasteiger partial charge in [0.15, 0.2) is 0 Å². The van der Waals surface area contributed by atoms with Crippen LogP contribution < -0.4 is 10.0 Å². The summed E-state index contributed by atoms with van der Waals surface area (Å²) in [5.74, 6) is -1.71. The number of sulfonamides is 1. The Bertz CT molecular complexity index is 1070. The van der Waals surface area contributed by atoms with Crippen LogP contribution in [0.15, 0.2) is 59.5 Å². The lowest BCUT2D eigenvalue weighted by Crippen LogP contribution is -2.57. The number of para-hydroxylation sites is 1. The Labute approximate surface area is 193 Å². The molecule has 2 aromatic carbocycles. The second kappa shape index (κ2) is 10.9. The van der Waals surface area contributed by atoms with Crippen LogP contribution in [-0.4, -0.2) is 68.8 Å². The fourth-order valence-electron chi connectivity index (χ4n) is 3.61. The number of carbonyl (C=O) groups excluding carboxylic acids is 2. The highest BCUT2D eigenvalue weighted by molar-refractivity contribution is 7.89. The van der Waals surface area contributed by atoms with Gasteiger partial charge < -0.3 is 10.2 Å². The number of carbonyl (C=O) groups is 2. The van der Waals surface area contributed by atoms with Gasteiger partial charge in [0, 0.05) is 31.9 Å². The Morgan fingerprint density at radius 2 is 1.58 bits per heavy atom. The van der Waals surface area contributed by atoms with Gasteiger partial charge in [-0.25, -0.2) is 12.8 Å². The van der Waals surface area contributed by atoms with E-state index in [2.05, 4.69) is 10.0 Å². The first-order valence-corrected chi connectivity index (χ1v) is 12.3. The van der Waals surface area contributed by atoms with Crippen LogP contribution in [-0.2, 0) is 19.6 Å². The number of anilines is 1. The largest absolute Gasteiger partial charge is 0.339 e. The molecule has 0 spiro atoms. The van der Waals surface area contributed by atoms with Gasteiger partial charge >= 0.3 is 0 Å². The van der Waals surface area contributed by atoms with Crippen LogP contribution in [0.4, 0.5) is 10.1 Å². The fraction of sp³-hybridized carbons (Fsp3) is 0.391. The van der Waals surface area contributed by atoms with Crippen LogP contribution in [0, 0.1) is 11.7 Å². The average Bonchev–Trinajstić information content (AvgIpc) is 2.78. The lowest BCUT2D eigenvalue weighted by atomic mass is 10.0. The van der Waals surface area contributed by atoms with Crippen molar-refractivity contribution >= 4 is 27.5 Å². The van der Waals surface area contributed by atoms with Gasteiger partial charge in [-0.2, -0.15) is 4.72 Å². The fourth-order valence-corrected chi connectivity index (χ4v) is 5.03. The molecule has 0 bridgehead atoms. The summed E-state index contributed by atoms with van der Waals surface area (Å²) in [7, 11) is -4.21. The number of nitrogens with zero attached hydrogens (tertiary/aromatic N) is 2. The highest BCUT2D eigenvalue weighted by atomic mass is 32.2. The van der Waals surface area contributed by atoms with Crippen LogP contribution >= 0.6 is 0 Å². The molecule has 1 saturated heterocycles. The monoisotopic (exact) mass is 476 g/mol. The van der Waals surface area contributed by atoms with Crippen molar-refractivity contribution in [1.82, 2.24) is 14.5 Å². The molecular weight excluding hydrogens is 447 g/mol. The van der Waals surface area contributed by atoms with Crippen LogP contribution in [0.25, 0.3) is 0 Å². The maximum absolute atomic E-state index is 14.0. The maximum atomic E-state index is 14.0. The van der Waals surface area contributed by atoms with E-state index < -0.39 is 26.8 Å². The molecule has 33 heavy (non-hydrogen) atoms. The maximum Gasteiger partial charge on any atom is 0.244 e. The molecule has 0 radical (unpaired) electrons. The summed E-state index contributed by atoms with van der Waals surface area (Å²) in [6, 6.07) is 13.2. The van der Waals surface area contributed by atoms with E-state index in [0.29, 0.717) is 26.2 Å². The molecule has 0 unspecified atom stereocenters. The third-order valence-corrected chi connectivity index (χ3v) is 6.92. The van der Waals surface area contributed by atoms with E-state index >= 15 is 0 Å². The molecule has 1 heterocycles. The summed E-state index contributed by atoms with van der Waals surface area (Å²) < 4.78 is 41.8. The molecule has 2 N–H and O–H groups in total. The van der Waals surface area contributed by atoms with Crippen molar-refractivity contribution in [2.45, 2.75) is 24.8 Å². The van der Waals surface area contributed by atoms with Crippen LogP contribution in [0.1, 0.15) is 13.8 Å². The van der Waals surface area contributed by atoms with Crippen molar-refractivity contribution in [3.05, 3.63) is 60.4 Å². The molecule has 2 aromatic rings. The minimum atomic E-state index is -4.21.